The Labute approximate surface area is 174 Å². The van der Waals surface area contributed by atoms with Gasteiger partial charge in [-0.05, 0) is 37.1 Å². The van der Waals surface area contributed by atoms with Crippen LogP contribution in [0.15, 0.2) is 47.4 Å². The van der Waals surface area contributed by atoms with Gasteiger partial charge in [0.05, 0.1) is 34.3 Å². The van der Waals surface area contributed by atoms with Gasteiger partial charge in [0.25, 0.3) is 5.69 Å². The molecular weight excluding hydrogens is 410 g/mol. The third-order valence-electron chi connectivity index (χ3n) is 4.95. The van der Waals surface area contributed by atoms with Crippen molar-refractivity contribution in [1.29, 1.82) is 0 Å². The average Bonchev–Trinajstić information content (AvgIpc) is 2.74. The summed E-state index contributed by atoms with van der Waals surface area (Å²) in [6.45, 7) is 3.02. The molecule has 0 aliphatic carbocycles. The Hall–Kier alpha value is -2.82. The van der Waals surface area contributed by atoms with Crippen molar-refractivity contribution in [2.45, 2.75) is 24.7 Å². The zero-order chi connectivity index (χ0) is 21.7. The first-order chi connectivity index (χ1) is 14.3. The second kappa shape index (κ2) is 9.33. The molecule has 1 saturated heterocycles. The number of sulfonamides is 1. The number of hydrogen-bond donors (Lipinski definition) is 1. The van der Waals surface area contributed by atoms with Crippen molar-refractivity contribution >= 4 is 27.3 Å². The maximum atomic E-state index is 12.6. The van der Waals surface area contributed by atoms with Crippen LogP contribution in [0.1, 0.15) is 17.5 Å². The summed E-state index contributed by atoms with van der Waals surface area (Å²) in [6, 6.07) is 11.0. The fraction of sp³-hybridized carbons (Fsp3) is 0.350. The summed E-state index contributed by atoms with van der Waals surface area (Å²) in [7, 11) is -3.55. The van der Waals surface area contributed by atoms with Crippen LogP contribution >= 0.6 is 0 Å². The number of anilines is 1. The topological polar surface area (TPSA) is 119 Å². The van der Waals surface area contributed by atoms with E-state index in [9.17, 15) is 23.3 Å². The van der Waals surface area contributed by atoms with Crippen LogP contribution in [0.3, 0.4) is 0 Å². The number of amides is 1. The van der Waals surface area contributed by atoms with E-state index in [1.807, 2.05) is 0 Å². The molecule has 1 N–H and O–H groups in total. The predicted octanol–water partition coefficient (Wildman–Crippen LogP) is 2.50. The van der Waals surface area contributed by atoms with Gasteiger partial charge in [0, 0.05) is 25.6 Å². The molecule has 9 nitrogen and oxygen atoms in total. The molecule has 0 spiro atoms. The molecule has 30 heavy (non-hydrogen) atoms. The van der Waals surface area contributed by atoms with E-state index in [4.69, 9.17) is 4.74 Å². The number of hydrogen-bond acceptors (Lipinski definition) is 6. The lowest BCUT2D eigenvalue weighted by molar-refractivity contribution is -0.385. The van der Waals surface area contributed by atoms with E-state index in [1.54, 1.807) is 37.3 Å². The molecule has 1 amide bonds. The maximum absolute atomic E-state index is 12.6. The fourth-order valence-corrected chi connectivity index (χ4v) is 4.60. The van der Waals surface area contributed by atoms with Crippen LogP contribution in [0, 0.1) is 17.0 Å². The minimum Gasteiger partial charge on any atom is -0.379 e. The number of nitro groups is 1. The first-order valence-corrected chi connectivity index (χ1v) is 10.9. The summed E-state index contributed by atoms with van der Waals surface area (Å²) < 4.78 is 31.9. The van der Waals surface area contributed by atoms with Crippen molar-refractivity contribution in [3.8, 4) is 0 Å². The van der Waals surface area contributed by atoms with Crippen LogP contribution in [0.5, 0.6) is 0 Å². The summed E-state index contributed by atoms with van der Waals surface area (Å²) in [5.74, 6) is -0.274. The highest BCUT2D eigenvalue weighted by atomic mass is 32.2. The fourth-order valence-electron chi connectivity index (χ4n) is 3.19. The molecule has 160 valence electrons. The van der Waals surface area contributed by atoms with Crippen LogP contribution < -0.4 is 5.32 Å². The average molecular weight is 433 g/mol. The number of rotatable bonds is 7. The lowest BCUT2D eigenvalue weighted by Gasteiger charge is -2.26. The normalized spacial score (nSPS) is 15.0. The zero-order valence-electron chi connectivity index (χ0n) is 16.5. The van der Waals surface area contributed by atoms with Gasteiger partial charge in [0.15, 0.2) is 0 Å². The quantitative estimate of drug-likeness (QED) is 0.529. The van der Waals surface area contributed by atoms with E-state index < -0.39 is 14.9 Å². The molecule has 0 atom stereocenters. The molecule has 0 saturated carbocycles. The number of nitrogens with one attached hydrogen (secondary N) is 1. The van der Waals surface area contributed by atoms with Gasteiger partial charge in [-0.2, -0.15) is 4.31 Å². The van der Waals surface area contributed by atoms with E-state index >= 15 is 0 Å². The van der Waals surface area contributed by atoms with Gasteiger partial charge in [-0.25, -0.2) is 8.42 Å². The van der Waals surface area contributed by atoms with Crippen molar-refractivity contribution in [3.05, 3.63) is 63.7 Å². The van der Waals surface area contributed by atoms with Crippen LogP contribution in [-0.2, 0) is 26.0 Å². The molecule has 1 heterocycles. The largest absolute Gasteiger partial charge is 0.379 e. The summed E-state index contributed by atoms with van der Waals surface area (Å²) in [4.78, 5) is 23.0. The number of nitro benzene ring substituents is 1. The molecule has 0 unspecified atom stereocenters. The molecular formula is C20H23N3O6S. The summed E-state index contributed by atoms with van der Waals surface area (Å²) in [6.07, 6.45) is 0.579. The summed E-state index contributed by atoms with van der Waals surface area (Å²) in [5.41, 5.74) is 1.57. The number of nitrogens with zero attached hydrogens (tertiary/aromatic N) is 2. The number of carbonyl (C=O) groups is 1. The van der Waals surface area contributed by atoms with Crippen LogP contribution in [0.4, 0.5) is 11.4 Å². The standard InChI is InChI=1S/C20H23N3O6S/c1-15-18(3-2-4-19(15)23(25)26)21-20(24)10-7-16-5-8-17(9-6-16)30(27,28)22-11-13-29-14-12-22/h2-6,8-9H,7,10-14H2,1H3,(H,21,24). The van der Waals surface area contributed by atoms with Gasteiger partial charge < -0.3 is 10.1 Å². The zero-order valence-corrected chi connectivity index (χ0v) is 17.4. The Morgan fingerprint density at radius 3 is 2.47 bits per heavy atom. The molecule has 0 bridgehead atoms. The first kappa shape index (κ1) is 21.9. The second-order valence-electron chi connectivity index (χ2n) is 6.92. The lowest BCUT2D eigenvalue weighted by atomic mass is 10.1. The molecule has 1 aliphatic rings. The van der Waals surface area contributed by atoms with Crippen molar-refractivity contribution in [2.75, 3.05) is 31.6 Å². The van der Waals surface area contributed by atoms with Gasteiger partial charge in [-0.3, -0.25) is 14.9 Å². The van der Waals surface area contributed by atoms with Gasteiger partial charge in [0.2, 0.25) is 15.9 Å². The Morgan fingerprint density at radius 1 is 1.17 bits per heavy atom. The number of carbonyl (C=O) groups excluding carboxylic acids is 1. The number of ether oxygens (including phenoxy) is 1. The third-order valence-corrected chi connectivity index (χ3v) is 6.86. The molecule has 10 heteroatoms. The summed E-state index contributed by atoms with van der Waals surface area (Å²) >= 11 is 0. The lowest BCUT2D eigenvalue weighted by Crippen LogP contribution is -2.40. The first-order valence-electron chi connectivity index (χ1n) is 9.50. The third kappa shape index (κ3) is 5.02. The van der Waals surface area contributed by atoms with Crippen LogP contribution in [-0.4, -0.2) is 49.9 Å². The Morgan fingerprint density at radius 2 is 1.83 bits per heavy atom. The van der Waals surface area contributed by atoms with Crippen molar-refractivity contribution < 1.29 is 22.9 Å². The maximum Gasteiger partial charge on any atom is 0.274 e. The second-order valence-corrected chi connectivity index (χ2v) is 8.85. The Balaban J connectivity index is 1.59. The van der Waals surface area contributed by atoms with E-state index in [0.29, 0.717) is 44.0 Å². The van der Waals surface area contributed by atoms with Crippen molar-refractivity contribution in [1.82, 2.24) is 4.31 Å². The van der Waals surface area contributed by atoms with Gasteiger partial charge in [-0.1, -0.05) is 18.2 Å². The Kier molecular flexibility index (Phi) is 6.80. The molecule has 0 radical (unpaired) electrons. The Bertz CT molecular complexity index is 1030. The SMILES string of the molecule is Cc1c(NC(=O)CCc2ccc(S(=O)(=O)N3CCOCC3)cc2)cccc1[N+](=O)[O-]. The monoisotopic (exact) mass is 433 g/mol. The van der Waals surface area contributed by atoms with Crippen LogP contribution in [0.2, 0.25) is 0 Å². The molecule has 1 fully saturated rings. The highest BCUT2D eigenvalue weighted by molar-refractivity contribution is 7.89. The van der Waals surface area contributed by atoms with E-state index in [0.717, 1.165) is 5.56 Å². The molecule has 1 aliphatic heterocycles. The number of aryl methyl sites for hydroxylation is 1. The smallest absolute Gasteiger partial charge is 0.274 e. The van der Waals surface area contributed by atoms with Crippen molar-refractivity contribution in [3.63, 3.8) is 0 Å². The van der Waals surface area contributed by atoms with Crippen molar-refractivity contribution in [2.24, 2.45) is 0 Å². The van der Waals surface area contributed by atoms with E-state index in [2.05, 4.69) is 5.32 Å². The van der Waals surface area contributed by atoms with Gasteiger partial charge in [-0.15, -0.1) is 0 Å². The van der Waals surface area contributed by atoms with E-state index in [-0.39, 0.29) is 22.9 Å². The van der Waals surface area contributed by atoms with Gasteiger partial charge >= 0.3 is 0 Å². The van der Waals surface area contributed by atoms with E-state index in [1.165, 1.54) is 16.4 Å². The highest BCUT2D eigenvalue weighted by Crippen LogP contribution is 2.25. The number of benzene rings is 2. The highest BCUT2D eigenvalue weighted by Gasteiger charge is 2.26. The minimum absolute atomic E-state index is 0.0510. The molecule has 3 rings (SSSR count). The molecule has 0 aromatic heterocycles. The molecule has 2 aromatic rings. The summed E-state index contributed by atoms with van der Waals surface area (Å²) in [5, 5.41) is 13.7. The molecule has 2 aromatic carbocycles. The predicted molar refractivity (Wildman–Crippen MR) is 111 cm³/mol. The van der Waals surface area contributed by atoms with Gasteiger partial charge in [0.1, 0.15) is 0 Å². The number of morpholine rings is 1. The minimum atomic E-state index is -3.55. The van der Waals surface area contributed by atoms with Crippen LogP contribution in [0.25, 0.3) is 0 Å².